The van der Waals surface area contributed by atoms with E-state index in [0.717, 1.165) is 61.2 Å². The van der Waals surface area contributed by atoms with Gasteiger partial charge in [-0.3, -0.25) is 4.79 Å². The fourth-order valence-corrected chi connectivity index (χ4v) is 5.75. The number of carbonyl (C=O) groups excluding carboxylic acids is 2. The van der Waals surface area contributed by atoms with Gasteiger partial charge in [0.1, 0.15) is 5.82 Å². The van der Waals surface area contributed by atoms with E-state index in [-0.39, 0.29) is 18.0 Å². The van der Waals surface area contributed by atoms with Crippen LogP contribution in [0.15, 0.2) is 42.5 Å². The van der Waals surface area contributed by atoms with Gasteiger partial charge in [-0.05, 0) is 49.8 Å². The minimum atomic E-state index is -0.290. The molecule has 184 valence electrons. The van der Waals surface area contributed by atoms with E-state index in [9.17, 15) is 9.59 Å². The van der Waals surface area contributed by atoms with Crippen molar-refractivity contribution in [1.82, 2.24) is 19.4 Å². The number of ether oxygens (including phenoxy) is 1. The third-order valence-electron chi connectivity index (χ3n) is 7.64. The molecule has 0 spiro atoms. The molecule has 1 aromatic heterocycles. The summed E-state index contributed by atoms with van der Waals surface area (Å²) in [7, 11) is 1.43. The van der Waals surface area contributed by atoms with Crippen LogP contribution in [0.2, 0.25) is 0 Å². The molecule has 7 nitrogen and oxygen atoms in total. The number of hydrogen-bond donors (Lipinski definition) is 0. The number of benzene rings is 2. The average molecular weight is 475 g/mol. The van der Waals surface area contributed by atoms with Crippen molar-refractivity contribution in [3.63, 3.8) is 0 Å². The number of hydrogen-bond acceptors (Lipinski definition) is 4. The fourth-order valence-electron chi connectivity index (χ4n) is 5.75. The van der Waals surface area contributed by atoms with Crippen molar-refractivity contribution in [1.29, 1.82) is 0 Å². The lowest BCUT2D eigenvalue weighted by molar-refractivity contribution is -0.129. The number of nitrogens with zero attached hydrogens (tertiary/aromatic N) is 4. The summed E-state index contributed by atoms with van der Waals surface area (Å²) >= 11 is 0. The van der Waals surface area contributed by atoms with Gasteiger partial charge in [-0.1, -0.05) is 36.4 Å². The highest BCUT2D eigenvalue weighted by molar-refractivity contribution is 5.82. The van der Waals surface area contributed by atoms with Crippen LogP contribution in [0, 0.1) is 0 Å². The summed E-state index contributed by atoms with van der Waals surface area (Å²) in [5.41, 5.74) is 5.82. The maximum absolute atomic E-state index is 12.3. The Labute approximate surface area is 206 Å². The number of aromatic nitrogens is 2. The van der Waals surface area contributed by atoms with Crippen LogP contribution in [0.1, 0.15) is 61.2 Å². The Hall–Kier alpha value is -3.35. The molecular weight excluding hydrogens is 440 g/mol. The first-order valence-electron chi connectivity index (χ1n) is 12.6. The molecule has 1 fully saturated rings. The second-order valence-corrected chi connectivity index (χ2v) is 9.87. The molecule has 1 saturated heterocycles. The minimum Gasteiger partial charge on any atom is -0.453 e. The summed E-state index contributed by atoms with van der Waals surface area (Å²) in [5, 5.41) is 0. The molecule has 0 bridgehead atoms. The van der Waals surface area contributed by atoms with Gasteiger partial charge in [-0.15, -0.1) is 0 Å². The average Bonchev–Trinajstić information content (AvgIpc) is 3.29. The van der Waals surface area contributed by atoms with Crippen LogP contribution in [0.25, 0.3) is 11.0 Å². The van der Waals surface area contributed by atoms with Gasteiger partial charge in [-0.25, -0.2) is 9.78 Å². The number of fused-ring (bicyclic) bond motifs is 3. The monoisotopic (exact) mass is 474 g/mol. The van der Waals surface area contributed by atoms with Crippen LogP contribution in [0.5, 0.6) is 0 Å². The van der Waals surface area contributed by atoms with Gasteiger partial charge in [0.25, 0.3) is 0 Å². The van der Waals surface area contributed by atoms with E-state index in [2.05, 4.69) is 47.9 Å². The lowest BCUT2D eigenvalue weighted by atomic mass is 9.95. The Kier molecular flexibility index (Phi) is 6.50. The van der Waals surface area contributed by atoms with Crippen molar-refractivity contribution in [3.8, 4) is 0 Å². The van der Waals surface area contributed by atoms with Crippen molar-refractivity contribution in [2.45, 2.75) is 58.0 Å². The van der Waals surface area contributed by atoms with Gasteiger partial charge in [0.15, 0.2) is 0 Å². The largest absolute Gasteiger partial charge is 0.453 e. The molecule has 2 amide bonds. The molecule has 5 rings (SSSR count). The van der Waals surface area contributed by atoms with E-state index >= 15 is 0 Å². The zero-order chi connectivity index (χ0) is 24.5. The van der Waals surface area contributed by atoms with Gasteiger partial charge in [0.05, 0.1) is 24.7 Å². The van der Waals surface area contributed by atoms with E-state index in [1.807, 2.05) is 11.0 Å². The quantitative estimate of drug-likeness (QED) is 0.550. The van der Waals surface area contributed by atoms with Crippen LogP contribution in [0.3, 0.4) is 0 Å². The maximum Gasteiger partial charge on any atom is 0.409 e. The van der Waals surface area contributed by atoms with Crippen LogP contribution in [-0.2, 0) is 28.9 Å². The number of piperidine rings is 1. The molecule has 0 saturated carbocycles. The molecule has 1 atom stereocenters. The highest BCUT2D eigenvalue weighted by atomic mass is 16.5. The molecule has 3 aromatic rings. The third kappa shape index (κ3) is 4.51. The van der Waals surface area contributed by atoms with E-state index in [1.54, 1.807) is 11.8 Å². The Morgan fingerprint density at radius 1 is 1.06 bits per heavy atom. The molecule has 0 aliphatic carbocycles. The minimum absolute atomic E-state index is 0.145. The summed E-state index contributed by atoms with van der Waals surface area (Å²) in [6.07, 6.45) is 3.26. The number of amides is 2. The van der Waals surface area contributed by atoms with Gasteiger partial charge >= 0.3 is 6.09 Å². The Morgan fingerprint density at radius 3 is 2.49 bits per heavy atom. The molecule has 7 heteroatoms. The number of carbonyl (C=O) groups is 2. The maximum atomic E-state index is 12.3. The number of rotatable bonds is 4. The van der Waals surface area contributed by atoms with Crippen LogP contribution >= 0.6 is 0 Å². The Balaban J connectivity index is 1.56. The first kappa shape index (κ1) is 23.4. The van der Waals surface area contributed by atoms with Gasteiger partial charge in [-0.2, -0.15) is 0 Å². The normalized spacial score (nSPS) is 17.3. The summed E-state index contributed by atoms with van der Waals surface area (Å²) in [6.45, 7) is 6.63. The molecule has 35 heavy (non-hydrogen) atoms. The zero-order valence-electron chi connectivity index (χ0n) is 20.9. The third-order valence-corrected chi connectivity index (χ3v) is 7.64. The van der Waals surface area contributed by atoms with Crippen molar-refractivity contribution in [2.75, 3.05) is 26.7 Å². The first-order valence-corrected chi connectivity index (χ1v) is 12.6. The molecule has 2 aliphatic rings. The van der Waals surface area contributed by atoms with E-state index < -0.39 is 0 Å². The summed E-state index contributed by atoms with van der Waals surface area (Å²) < 4.78 is 7.43. The van der Waals surface area contributed by atoms with Crippen molar-refractivity contribution in [2.24, 2.45) is 0 Å². The topological polar surface area (TPSA) is 67.7 Å². The molecular formula is C28H34N4O3. The molecule has 3 heterocycles. The summed E-state index contributed by atoms with van der Waals surface area (Å²) in [6, 6.07) is 15.2. The van der Waals surface area contributed by atoms with Crippen molar-refractivity contribution >= 4 is 23.0 Å². The predicted molar refractivity (Wildman–Crippen MR) is 135 cm³/mol. The van der Waals surface area contributed by atoms with E-state index in [4.69, 9.17) is 9.72 Å². The van der Waals surface area contributed by atoms with Crippen LogP contribution in [-0.4, -0.2) is 58.1 Å². The van der Waals surface area contributed by atoms with Crippen molar-refractivity contribution in [3.05, 3.63) is 65.0 Å². The summed E-state index contributed by atoms with van der Waals surface area (Å²) in [4.78, 5) is 33.2. The van der Waals surface area contributed by atoms with E-state index in [0.29, 0.717) is 19.0 Å². The highest BCUT2D eigenvalue weighted by Gasteiger charge is 2.30. The lowest BCUT2D eigenvalue weighted by Crippen LogP contribution is -2.37. The predicted octanol–water partition coefficient (Wildman–Crippen LogP) is 4.69. The summed E-state index contributed by atoms with van der Waals surface area (Å²) in [5.74, 6) is 1.55. The van der Waals surface area contributed by atoms with E-state index in [1.165, 1.54) is 18.2 Å². The lowest BCUT2D eigenvalue weighted by Gasteiger charge is -2.32. The number of likely N-dealkylation sites (tertiary alicyclic amines) is 1. The molecule has 0 radical (unpaired) electrons. The van der Waals surface area contributed by atoms with Crippen LogP contribution < -0.4 is 0 Å². The second-order valence-electron chi connectivity index (χ2n) is 9.87. The highest BCUT2D eigenvalue weighted by Crippen LogP contribution is 2.36. The standard InChI is InChI=1S/C28H34N4O3/c1-19(17-21-7-5-4-6-8-21)32-25-10-9-22-11-16-31(28(34)35-3)18-24(22)26(25)29-27(32)23-12-14-30(15-13-23)20(2)33/h4-10,19,23H,11-18H2,1-3H3/t19-/m1/s1. The SMILES string of the molecule is COC(=O)N1CCc2ccc3c(nc(C4CCN(C(C)=O)CC4)n3[C@H](C)Cc3ccccc3)c2C1. The van der Waals surface area contributed by atoms with Crippen molar-refractivity contribution < 1.29 is 14.3 Å². The molecule has 0 N–H and O–H groups in total. The fraction of sp³-hybridized carbons (Fsp3) is 0.464. The number of methoxy groups -OCH3 is 1. The number of imidazole rings is 1. The van der Waals surface area contributed by atoms with Crippen LogP contribution in [0.4, 0.5) is 4.79 Å². The Morgan fingerprint density at radius 2 is 1.80 bits per heavy atom. The van der Waals surface area contributed by atoms with Gasteiger partial charge in [0, 0.05) is 44.1 Å². The second kappa shape index (κ2) is 9.72. The van der Waals surface area contributed by atoms with Gasteiger partial charge in [0.2, 0.25) is 5.91 Å². The zero-order valence-corrected chi connectivity index (χ0v) is 20.9. The molecule has 2 aliphatic heterocycles. The Bertz CT molecular complexity index is 1230. The van der Waals surface area contributed by atoms with Gasteiger partial charge < -0.3 is 19.1 Å². The first-order chi connectivity index (χ1) is 17.0. The smallest absolute Gasteiger partial charge is 0.409 e. The molecule has 0 unspecified atom stereocenters. The molecule has 2 aromatic carbocycles.